The minimum atomic E-state index is -0.00490. The van der Waals surface area contributed by atoms with Crippen LogP contribution in [0.2, 0.25) is 0 Å². The van der Waals surface area contributed by atoms with Crippen molar-refractivity contribution in [2.75, 3.05) is 13.1 Å². The molecule has 0 saturated carbocycles. The molecule has 0 radical (unpaired) electrons. The van der Waals surface area contributed by atoms with Crippen LogP contribution in [0.1, 0.15) is 33.1 Å². The molecule has 0 aromatic carbocycles. The van der Waals surface area contributed by atoms with Crippen LogP contribution in [0.5, 0.6) is 0 Å². The first kappa shape index (κ1) is 11.0. The molecule has 0 aliphatic carbocycles. The summed E-state index contributed by atoms with van der Waals surface area (Å²) in [5.74, 6) is 1.46. The molecule has 1 heterocycles. The molecule has 1 rings (SSSR count). The second-order valence-electron chi connectivity index (χ2n) is 4.30. The summed E-state index contributed by atoms with van der Waals surface area (Å²) >= 11 is 0. The number of likely N-dealkylation sites (tertiary alicyclic amines) is 1. The van der Waals surface area contributed by atoms with Crippen LogP contribution in [0.25, 0.3) is 0 Å². The van der Waals surface area contributed by atoms with Crippen LogP contribution in [0.4, 0.5) is 0 Å². The molecule has 3 heteroatoms. The van der Waals surface area contributed by atoms with Crippen LogP contribution in [0.3, 0.4) is 0 Å². The van der Waals surface area contributed by atoms with Crippen molar-refractivity contribution in [1.29, 1.82) is 5.26 Å². The van der Waals surface area contributed by atoms with Gasteiger partial charge in [-0.05, 0) is 24.7 Å². The van der Waals surface area contributed by atoms with E-state index in [0.717, 1.165) is 31.8 Å². The first-order valence-electron chi connectivity index (χ1n) is 5.30. The number of piperidine rings is 1. The summed E-state index contributed by atoms with van der Waals surface area (Å²) in [5, 5.41) is 8.41. The zero-order valence-electron chi connectivity index (χ0n) is 8.99. The Kier molecular flexibility index (Phi) is 3.94. The van der Waals surface area contributed by atoms with E-state index in [2.05, 4.69) is 13.8 Å². The van der Waals surface area contributed by atoms with Crippen LogP contribution < -0.4 is 0 Å². The highest BCUT2D eigenvalue weighted by Crippen LogP contribution is 2.24. The average Bonchev–Trinajstić information content (AvgIpc) is 2.18. The molecule has 0 aromatic rings. The lowest BCUT2D eigenvalue weighted by molar-refractivity contribution is -0.131. The fourth-order valence-electron chi connectivity index (χ4n) is 1.99. The third-order valence-electron chi connectivity index (χ3n) is 3.07. The predicted molar refractivity (Wildman–Crippen MR) is 54.4 cm³/mol. The summed E-state index contributed by atoms with van der Waals surface area (Å²) in [6.45, 7) is 6.14. The molecule has 0 bridgehead atoms. The van der Waals surface area contributed by atoms with Crippen molar-refractivity contribution in [3.8, 4) is 6.07 Å². The maximum atomic E-state index is 11.4. The van der Waals surface area contributed by atoms with Gasteiger partial charge in [-0.25, -0.2) is 0 Å². The van der Waals surface area contributed by atoms with Gasteiger partial charge in [0.1, 0.15) is 6.42 Å². The maximum absolute atomic E-state index is 11.4. The molecular weight excluding hydrogens is 176 g/mol. The fourth-order valence-corrected chi connectivity index (χ4v) is 1.99. The highest BCUT2D eigenvalue weighted by molar-refractivity contribution is 5.78. The monoisotopic (exact) mass is 194 g/mol. The van der Waals surface area contributed by atoms with Crippen molar-refractivity contribution < 1.29 is 4.79 Å². The molecule has 78 valence electrons. The number of rotatable bonds is 2. The molecule has 1 saturated heterocycles. The lowest BCUT2D eigenvalue weighted by atomic mass is 9.87. The summed E-state index contributed by atoms with van der Waals surface area (Å²) in [4.78, 5) is 13.2. The standard InChI is InChI=1S/C11H18N2O/c1-9(2)10-4-7-13(8-5-10)11(14)3-6-12/h9-10H,3-5,7-8H2,1-2H3. The fraction of sp³-hybridized carbons (Fsp3) is 0.818. The van der Waals surface area contributed by atoms with Gasteiger partial charge >= 0.3 is 0 Å². The van der Waals surface area contributed by atoms with Crippen LogP contribution in [0, 0.1) is 23.2 Å². The molecule has 3 nitrogen and oxygen atoms in total. The van der Waals surface area contributed by atoms with E-state index in [0.29, 0.717) is 5.92 Å². The van der Waals surface area contributed by atoms with Gasteiger partial charge < -0.3 is 4.90 Å². The quantitative estimate of drug-likeness (QED) is 0.672. The van der Waals surface area contributed by atoms with Crippen LogP contribution in [0.15, 0.2) is 0 Å². The number of hydrogen-bond donors (Lipinski definition) is 0. The first-order chi connectivity index (χ1) is 6.65. The summed E-state index contributed by atoms with van der Waals surface area (Å²) in [6, 6.07) is 1.91. The van der Waals surface area contributed by atoms with Gasteiger partial charge in [-0.2, -0.15) is 5.26 Å². The van der Waals surface area contributed by atoms with Gasteiger partial charge in [-0.15, -0.1) is 0 Å². The Hall–Kier alpha value is -1.04. The maximum Gasteiger partial charge on any atom is 0.236 e. The smallest absolute Gasteiger partial charge is 0.236 e. The van der Waals surface area contributed by atoms with E-state index in [-0.39, 0.29) is 12.3 Å². The molecule has 0 atom stereocenters. The molecule has 0 spiro atoms. The van der Waals surface area contributed by atoms with Crippen LogP contribution >= 0.6 is 0 Å². The van der Waals surface area contributed by atoms with E-state index in [1.54, 1.807) is 0 Å². The van der Waals surface area contributed by atoms with Crippen LogP contribution in [-0.2, 0) is 4.79 Å². The predicted octanol–water partition coefficient (Wildman–Crippen LogP) is 1.79. The van der Waals surface area contributed by atoms with E-state index in [4.69, 9.17) is 5.26 Å². The molecule has 1 fully saturated rings. The molecule has 0 unspecified atom stereocenters. The van der Waals surface area contributed by atoms with E-state index in [9.17, 15) is 4.79 Å². The first-order valence-corrected chi connectivity index (χ1v) is 5.30. The normalized spacial score (nSPS) is 18.3. The van der Waals surface area contributed by atoms with Gasteiger partial charge in [0.2, 0.25) is 5.91 Å². The van der Waals surface area contributed by atoms with Gasteiger partial charge in [-0.3, -0.25) is 4.79 Å². The van der Waals surface area contributed by atoms with Crippen molar-refractivity contribution in [2.45, 2.75) is 33.1 Å². The van der Waals surface area contributed by atoms with Gasteiger partial charge in [0.25, 0.3) is 0 Å². The molecular formula is C11H18N2O. The third-order valence-corrected chi connectivity index (χ3v) is 3.07. The number of hydrogen-bond acceptors (Lipinski definition) is 2. The topological polar surface area (TPSA) is 44.1 Å². The highest BCUT2D eigenvalue weighted by atomic mass is 16.2. The number of carbonyl (C=O) groups is 1. The van der Waals surface area contributed by atoms with Crippen molar-refractivity contribution in [3.63, 3.8) is 0 Å². The van der Waals surface area contributed by atoms with Crippen molar-refractivity contribution in [2.24, 2.45) is 11.8 Å². The van der Waals surface area contributed by atoms with Crippen molar-refractivity contribution in [3.05, 3.63) is 0 Å². The third kappa shape index (κ3) is 2.73. The Morgan fingerprint density at radius 1 is 1.50 bits per heavy atom. The van der Waals surface area contributed by atoms with E-state index < -0.39 is 0 Å². The number of amides is 1. The van der Waals surface area contributed by atoms with E-state index >= 15 is 0 Å². The van der Waals surface area contributed by atoms with Gasteiger partial charge in [0, 0.05) is 13.1 Å². The van der Waals surface area contributed by atoms with Crippen molar-refractivity contribution in [1.82, 2.24) is 4.90 Å². The summed E-state index contributed by atoms with van der Waals surface area (Å²) in [6.07, 6.45) is 2.22. The number of nitrogens with zero attached hydrogens (tertiary/aromatic N) is 2. The molecule has 1 amide bonds. The zero-order valence-corrected chi connectivity index (χ0v) is 8.99. The summed E-state index contributed by atoms with van der Waals surface area (Å²) in [5.41, 5.74) is 0. The lowest BCUT2D eigenvalue weighted by Gasteiger charge is -2.33. The van der Waals surface area contributed by atoms with Crippen LogP contribution in [-0.4, -0.2) is 23.9 Å². The Morgan fingerprint density at radius 3 is 2.50 bits per heavy atom. The van der Waals surface area contributed by atoms with Gasteiger partial charge in [0.15, 0.2) is 0 Å². The molecule has 0 aromatic heterocycles. The van der Waals surface area contributed by atoms with Gasteiger partial charge in [0.05, 0.1) is 6.07 Å². The van der Waals surface area contributed by atoms with Crippen molar-refractivity contribution >= 4 is 5.91 Å². The largest absolute Gasteiger partial charge is 0.342 e. The van der Waals surface area contributed by atoms with Gasteiger partial charge in [-0.1, -0.05) is 13.8 Å². The average molecular weight is 194 g/mol. The highest BCUT2D eigenvalue weighted by Gasteiger charge is 2.23. The Balaban J connectivity index is 2.36. The Bertz CT molecular complexity index is 234. The second-order valence-corrected chi connectivity index (χ2v) is 4.30. The Labute approximate surface area is 85.7 Å². The zero-order chi connectivity index (χ0) is 10.6. The number of nitriles is 1. The summed E-state index contributed by atoms with van der Waals surface area (Å²) in [7, 11) is 0. The minimum Gasteiger partial charge on any atom is -0.342 e. The minimum absolute atomic E-state index is 0.00490. The van der Waals surface area contributed by atoms with E-state index in [1.165, 1.54) is 0 Å². The molecule has 1 aliphatic heterocycles. The molecule has 0 N–H and O–H groups in total. The molecule has 1 aliphatic rings. The second kappa shape index (κ2) is 4.99. The van der Waals surface area contributed by atoms with E-state index in [1.807, 2.05) is 11.0 Å². The lowest BCUT2D eigenvalue weighted by Crippen LogP contribution is -2.39. The number of carbonyl (C=O) groups excluding carboxylic acids is 1. The SMILES string of the molecule is CC(C)C1CCN(C(=O)CC#N)CC1. The summed E-state index contributed by atoms with van der Waals surface area (Å²) < 4.78 is 0. The molecule has 14 heavy (non-hydrogen) atoms. The Morgan fingerprint density at radius 2 is 2.07 bits per heavy atom.